The molecule has 0 aliphatic rings. The Kier molecular flexibility index (Phi) is 8.92. The third-order valence-corrected chi connectivity index (χ3v) is 5.16. The van der Waals surface area contributed by atoms with Crippen molar-refractivity contribution < 1.29 is 14.3 Å². The van der Waals surface area contributed by atoms with Crippen LogP contribution in [0.15, 0.2) is 18.2 Å². The molecule has 0 bridgehead atoms. The van der Waals surface area contributed by atoms with Crippen LogP contribution < -0.4 is 14.8 Å². The summed E-state index contributed by atoms with van der Waals surface area (Å²) in [5, 5.41) is 2.70. The summed E-state index contributed by atoms with van der Waals surface area (Å²) in [6.07, 6.45) is 0. The summed E-state index contributed by atoms with van der Waals surface area (Å²) in [5.74, 6) is 1.28. The number of hydrogen-bond acceptors (Lipinski definition) is 5. The molecule has 0 heterocycles. The maximum absolute atomic E-state index is 12.3. The van der Waals surface area contributed by atoms with Crippen LogP contribution in [0.2, 0.25) is 0 Å². The van der Waals surface area contributed by atoms with Crippen LogP contribution in [0.5, 0.6) is 11.5 Å². The van der Waals surface area contributed by atoms with Crippen LogP contribution in [0.1, 0.15) is 26.3 Å². The Morgan fingerprint density at radius 2 is 1.88 bits per heavy atom. The van der Waals surface area contributed by atoms with Crippen molar-refractivity contribution in [3.63, 3.8) is 0 Å². The smallest absolute Gasteiger partial charge is 0.233 e. The molecule has 0 saturated carbocycles. The molecule has 0 aliphatic heterocycles. The molecule has 0 aromatic heterocycles. The van der Waals surface area contributed by atoms with Gasteiger partial charge in [0.05, 0.1) is 19.5 Å². The van der Waals surface area contributed by atoms with Gasteiger partial charge in [-0.3, -0.25) is 4.79 Å². The van der Waals surface area contributed by atoms with E-state index in [1.165, 1.54) is 11.8 Å². The Bertz CT molecular complexity index is 563. The van der Waals surface area contributed by atoms with Crippen molar-refractivity contribution in [3.05, 3.63) is 23.8 Å². The average Bonchev–Trinajstić information content (AvgIpc) is 2.60. The number of carbonyl (C=O) groups is 1. The van der Waals surface area contributed by atoms with Gasteiger partial charge in [0.15, 0.2) is 11.5 Å². The van der Waals surface area contributed by atoms with Gasteiger partial charge in [-0.05, 0) is 38.5 Å². The van der Waals surface area contributed by atoms with Gasteiger partial charge in [0, 0.05) is 19.6 Å². The fourth-order valence-electron chi connectivity index (χ4n) is 2.08. The normalized spacial score (nSPS) is 11.5. The maximum Gasteiger partial charge on any atom is 0.233 e. The minimum Gasteiger partial charge on any atom is -0.493 e. The van der Waals surface area contributed by atoms with Crippen molar-refractivity contribution in [2.45, 2.75) is 32.6 Å². The molecule has 0 aliphatic carbocycles. The minimum atomic E-state index is -0.238. The van der Waals surface area contributed by atoms with Gasteiger partial charge in [-0.1, -0.05) is 30.0 Å². The molecule has 1 amide bonds. The molecule has 0 spiro atoms. The first kappa shape index (κ1) is 20.6. The predicted molar refractivity (Wildman–Crippen MR) is 104 cm³/mol. The first-order valence-corrected chi connectivity index (χ1v) is 9.19. The Hall–Kier alpha value is -1.47. The van der Waals surface area contributed by atoms with E-state index in [4.69, 9.17) is 21.7 Å². The summed E-state index contributed by atoms with van der Waals surface area (Å²) in [5.41, 5.74) is 0.949. The summed E-state index contributed by atoms with van der Waals surface area (Å²) in [6.45, 7) is 8.10. The second kappa shape index (κ2) is 10.4. The lowest BCUT2D eigenvalue weighted by Crippen LogP contribution is -2.34. The monoisotopic (exact) mass is 370 g/mol. The summed E-state index contributed by atoms with van der Waals surface area (Å²) < 4.78 is 11.2. The molecule has 7 heteroatoms. The molecule has 1 aromatic carbocycles. The van der Waals surface area contributed by atoms with Crippen molar-refractivity contribution in [2.75, 3.05) is 27.3 Å². The van der Waals surface area contributed by atoms with E-state index in [-0.39, 0.29) is 11.2 Å². The second-order valence-electron chi connectivity index (χ2n) is 5.11. The highest BCUT2D eigenvalue weighted by molar-refractivity contribution is 8.23. The van der Waals surface area contributed by atoms with Crippen LogP contribution in [0.4, 0.5) is 0 Å². The number of thiocarbonyl (C=S) groups is 1. The average molecular weight is 371 g/mol. The largest absolute Gasteiger partial charge is 0.493 e. The van der Waals surface area contributed by atoms with Gasteiger partial charge in [-0.25, -0.2) is 0 Å². The quantitative estimate of drug-likeness (QED) is 0.710. The van der Waals surface area contributed by atoms with Gasteiger partial charge in [0.2, 0.25) is 5.91 Å². The summed E-state index contributed by atoms with van der Waals surface area (Å²) in [7, 11) is 3.18. The zero-order chi connectivity index (χ0) is 18.1. The standard InChI is InChI=1S/C17H26N2O3S2/c1-6-19(7-2)17(23)24-12(3)16(20)18-11-13-8-9-14(21-4)15(10-13)22-5/h8-10,12H,6-7,11H2,1-5H3,(H,18,20)/t12-/m0/s1. The molecule has 0 fully saturated rings. The highest BCUT2D eigenvalue weighted by Gasteiger charge is 2.18. The van der Waals surface area contributed by atoms with E-state index in [0.717, 1.165) is 23.0 Å². The molecule has 134 valence electrons. The van der Waals surface area contributed by atoms with Crippen LogP contribution in [-0.2, 0) is 11.3 Å². The summed E-state index contributed by atoms with van der Waals surface area (Å²) in [6, 6.07) is 5.59. The molecule has 0 saturated heterocycles. The van der Waals surface area contributed by atoms with Crippen molar-refractivity contribution in [1.29, 1.82) is 0 Å². The number of methoxy groups -OCH3 is 2. The Morgan fingerprint density at radius 1 is 1.25 bits per heavy atom. The number of rotatable bonds is 8. The van der Waals surface area contributed by atoms with E-state index in [0.29, 0.717) is 18.0 Å². The molecule has 1 N–H and O–H groups in total. The van der Waals surface area contributed by atoms with Gasteiger partial charge in [0.25, 0.3) is 0 Å². The van der Waals surface area contributed by atoms with E-state index in [9.17, 15) is 4.79 Å². The fraction of sp³-hybridized carbons (Fsp3) is 0.529. The Morgan fingerprint density at radius 3 is 2.42 bits per heavy atom. The number of nitrogens with zero attached hydrogens (tertiary/aromatic N) is 1. The maximum atomic E-state index is 12.3. The van der Waals surface area contributed by atoms with E-state index < -0.39 is 0 Å². The first-order chi connectivity index (χ1) is 11.5. The molecular weight excluding hydrogens is 344 g/mol. The van der Waals surface area contributed by atoms with Crippen LogP contribution in [0.25, 0.3) is 0 Å². The summed E-state index contributed by atoms with van der Waals surface area (Å²) >= 11 is 6.80. The zero-order valence-corrected chi connectivity index (χ0v) is 16.6. The number of nitrogens with one attached hydrogen (secondary N) is 1. The lowest BCUT2D eigenvalue weighted by atomic mass is 10.2. The number of amides is 1. The van der Waals surface area contributed by atoms with Crippen LogP contribution in [0.3, 0.4) is 0 Å². The number of benzene rings is 1. The third kappa shape index (κ3) is 5.87. The molecule has 0 radical (unpaired) electrons. The lowest BCUT2D eigenvalue weighted by molar-refractivity contribution is -0.120. The number of hydrogen-bond donors (Lipinski definition) is 1. The highest BCUT2D eigenvalue weighted by Crippen LogP contribution is 2.27. The van der Waals surface area contributed by atoms with E-state index in [1.807, 2.05) is 25.1 Å². The van der Waals surface area contributed by atoms with Crippen LogP contribution >= 0.6 is 24.0 Å². The molecule has 1 rings (SSSR count). The van der Waals surface area contributed by atoms with Crippen molar-refractivity contribution in [3.8, 4) is 11.5 Å². The Balaban J connectivity index is 2.57. The van der Waals surface area contributed by atoms with E-state index >= 15 is 0 Å². The predicted octanol–water partition coefficient (Wildman–Crippen LogP) is 3.07. The first-order valence-electron chi connectivity index (χ1n) is 7.90. The topological polar surface area (TPSA) is 50.8 Å². The van der Waals surface area contributed by atoms with E-state index in [1.54, 1.807) is 14.2 Å². The number of ether oxygens (including phenoxy) is 2. The summed E-state index contributed by atoms with van der Waals surface area (Å²) in [4.78, 5) is 14.3. The SMILES string of the molecule is CCN(CC)C(=S)S[C@@H](C)C(=O)NCc1ccc(OC)c(OC)c1. The number of thioether (sulfide) groups is 1. The molecular formula is C17H26N2O3S2. The van der Waals surface area contributed by atoms with Gasteiger partial charge in [-0.15, -0.1) is 0 Å². The highest BCUT2D eigenvalue weighted by atomic mass is 32.2. The molecule has 1 atom stereocenters. The lowest BCUT2D eigenvalue weighted by Gasteiger charge is -2.23. The van der Waals surface area contributed by atoms with Gasteiger partial charge >= 0.3 is 0 Å². The Labute approximate surface area is 154 Å². The molecule has 1 aromatic rings. The third-order valence-electron chi connectivity index (χ3n) is 3.58. The van der Waals surface area contributed by atoms with Gasteiger partial charge < -0.3 is 19.7 Å². The fourth-order valence-corrected chi connectivity index (χ4v) is 3.68. The van der Waals surface area contributed by atoms with Gasteiger partial charge in [-0.2, -0.15) is 0 Å². The van der Waals surface area contributed by atoms with Gasteiger partial charge in [0.1, 0.15) is 4.32 Å². The van der Waals surface area contributed by atoms with Crippen molar-refractivity contribution >= 4 is 34.2 Å². The molecule has 24 heavy (non-hydrogen) atoms. The zero-order valence-electron chi connectivity index (χ0n) is 14.9. The molecule has 5 nitrogen and oxygen atoms in total. The van der Waals surface area contributed by atoms with Crippen molar-refractivity contribution in [1.82, 2.24) is 10.2 Å². The second-order valence-corrected chi connectivity index (χ2v) is 7.08. The van der Waals surface area contributed by atoms with Crippen molar-refractivity contribution in [2.24, 2.45) is 0 Å². The number of carbonyl (C=O) groups excluding carboxylic acids is 1. The minimum absolute atomic E-state index is 0.0377. The van der Waals surface area contributed by atoms with Crippen LogP contribution in [-0.4, -0.2) is 47.7 Å². The van der Waals surface area contributed by atoms with Crippen LogP contribution in [0, 0.1) is 0 Å². The van der Waals surface area contributed by atoms with E-state index in [2.05, 4.69) is 24.1 Å². The molecule has 0 unspecified atom stereocenters.